The monoisotopic (exact) mass is 324 g/mol. The molecule has 6 heteroatoms. The van der Waals surface area contributed by atoms with Gasteiger partial charge in [0.15, 0.2) is 0 Å². The molecule has 1 amide bonds. The molecule has 1 N–H and O–H groups in total. The Hall–Kier alpha value is -1.95. The summed E-state index contributed by atoms with van der Waals surface area (Å²) in [5, 5.41) is 2.88. The number of likely N-dealkylation sites (N-methyl/N-ethyl adjacent to an activating group) is 1. The van der Waals surface area contributed by atoms with E-state index in [-0.39, 0.29) is 36.2 Å². The minimum atomic E-state index is -0.304. The van der Waals surface area contributed by atoms with Crippen molar-refractivity contribution in [3.05, 3.63) is 35.6 Å². The molecule has 0 saturated heterocycles. The lowest BCUT2D eigenvalue weighted by Gasteiger charge is -2.23. The molecule has 0 saturated carbocycles. The molecule has 0 aliphatic rings. The number of nitrogens with zero attached hydrogens (tertiary/aromatic N) is 1. The zero-order valence-electron chi connectivity index (χ0n) is 14.1. The third-order valence-corrected chi connectivity index (χ3v) is 3.70. The molecule has 0 aromatic heterocycles. The molecular formula is C17H25FN2O3. The Morgan fingerprint density at radius 3 is 2.39 bits per heavy atom. The maximum Gasteiger partial charge on any atom is 0.309 e. The topological polar surface area (TPSA) is 58.6 Å². The molecule has 2 atom stereocenters. The van der Waals surface area contributed by atoms with E-state index < -0.39 is 0 Å². The number of ether oxygens (including phenoxy) is 1. The van der Waals surface area contributed by atoms with E-state index in [0.29, 0.717) is 13.1 Å². The molecule has 1 aromatic rings. The second-order valence-electron chi connectivity index (χ2n) is 5.59. The first-order valence-electron chi connectivity index (χ1n) is 7.72. The lowest BCUT2D eigenvalue weighted by molar-refractivity contribution is -0.145. The molecule has 0 fully saturated rings. The maximum atomic E-state index is 12.9. The van der Waals surface area contributed by atoms with Crippen LogP contribution in [0.2, 0.25) is 0 Å². The molecule has 0 aliphatic carbocycles. The molecule has 5 nitrogen and oxygen atoms in total. The third-order valence-electron chi connectivity index (χ3n) is 3.70. The van der Waals surface area contributed by atoms with Gasteiger partial charge in [-0.3, -0.25) is 14.5 Å². The molecule has 0 heterocycles. The van der Waals surface area contributed by atoms with Gasteiger partial charge in [0.25, 0.3) is 0 Å². The lowest BCUT2D eigenvalue weighted by Crippen LogP contribution is -2.41. The van der Waals surface area contributed by atoms with Crippen molar-refractivity contribution in [2.45, 2.75) is 26.8 Å². The minimum Gasteiger partial charge on any atom is -0.469 e. The van der Waals surface area contributed by atoms with Crippen LogP contribution in [0.15, 0.2) is 24.3 Å². The smallest absolute Gasteiger partial charge is 0.309 e. The number of amides is 1. The Labute approximate surface area is 136 Å². The van der Waals surface area contributed by atoms with Crippen LogP contribution in [-0.4, -0.2) is 43.5 Å². The first-order valence-corrected chi connectivity index (χ1v) is 7.72. The first-order chi connectivity index (χ1) is 10.9. The number of esters is 1. The minimum absolute atomic E-state index is 0.138. The van der Waals surface area contributed by atoms with Crippen molar-refractivity contribution < 1.29 is 18.7 Å². The summed E-state index contributed by atoms with van der Waals surface area (Å²) in [6.07, 6.45) is 0. The van der Waals surface area contributed by atoms with Gasteiger partial charge in [0.2, 0.25) is 5.91 Å². The number of rotatable bonds is 8. The van der Waals surface area contributed by atoms with Gasteiger partial charge in [-0.25, -0.2) is 4.39 Å². The van der Waals surface area contributed by atoms with Crippen LogP contribution in [0.25, 0.3) is 0 Å². The standard InChI is InChI=1S/C17H25FN2O3/c1-5-20(10-12(2)17(22)23-4)11-16(21)19-13(3)14-6-8-15(18)9-7-14/h6-9,12-13H,5,10-11H2,1-4H3,(H,19,21)/t12-,13-/m0/s1. The Balaban J connectivity index is 2.52. The van der Waals surface area contributed by atoms with Crippen molar-refractivity contribution in [2.24, 2.45) is 5.92 Å². The average Bonchev–Trinajstić information content (AvgIpc) is 2.53. The summed E-state index contributed by atoms with van der Waals surface area (Å²) in [6.45, 7) is 6.86. The normalized spacial score (nSPS) is 13.5. The predicted molar refractivity (Wildman–Crippen MR) is 86.3 cm³/mol. The Kier molecular flexibility index (Phi) is 7.68. The molecule has 128 valence electrons. The SMILES string of the molecule is CCN(CC(=O)N[C@@H](C)c1ccc(F)cc1)C[C@H](C)C(=O)OC. The lowest BCUT2D eigenvalue weighted by atomic mass is 10.1. The highest BCUT2D eigenvalue weighted by Crippen LogP contribution is 2.12. The molecule has 0 spiro atoms. The van der Waals surface area contributed by atoms with Gasteiger partial charge in [-0.2, -0.15) is 0 Å². The molecule has 0 aliphatic heterocycles. The molecule has 0 radical (unpaired) electrons. The quantitative estimate of drug-likeness (QED) is 0.744. The second-order valence-corrected chi connectivity index (χ2v) is 5.59. The van der Waals surface area contributed by atoms with Crippen LogP contribution in [0.1, 0.15) is 32.4 Å². The summed E-state index contributed by atoms with van der Waals surface area (Å²) in [4.78, 5) is 25.5. The Morgan fingerprint density at radius 2 is 1.87 bits per heavy atom. The Bertz CT molecular complexity index is 519. The fourth-order valence-electron chi connectivity index (χ4n) is 2.29. The van der Waals surface area contributed by atoms with Gasteiger partial charge < -0.3 is 10.1 Å². The van der Waals surface area contributed by atoms with E-state index in [9.17, 15) is 14.0 Å². The number of hydrogen-bond donors (Lipinski definition) is 1. The van der Waals surface area contributed by atoms with E-state index in [0.717, 1.165) is 5.56 Å². The summed E-state index contributed by atoms with van der Waals surface area (Å²) in [5.74, 6) is -1.02. The summed E-state index contributed by atoms with van der Waals surface area (Å²) in [5.41, 5.74) is 0.839. The van der Waals surface area contributed by atoms with Gasteiger partial charge in [-0.1, -0.05) is 26.0 Å². The highest BCUT2D eigenvalue weighted by molar-refractivity contribution is 5.78. The fraction of sp³-hybridized carbons (Fsp3) is 0.529. The van der Waals surface area contributed by atoms with Gasteiger partial charge >= 0.3 is 5.97 Å². The van der Waals surface area contributed by atoms with Crippen molar-refractivity contribution in [1.29, 1.82) is 0 Å². The Morgan fingerprint density at radius 1 is 1.26 bits per heavy atom. The zero-order valence-corrected chi connectivity index (χ0v) is 14.1. The van der Waals surface area contributed by atoms with E-state index in [1.807, 2.05) is 18.7 Å². The zero-order chi connectivity index (χ0) is 17.4. The third kappa shape index (κ3) is 6.36. The number of hydrogen-bond acceptors (Lipinski definition) is 4. The largest absolute Gasteiger partial charge is 0.469 e. The average molecular weight is 324 g/mol. The van der Waals surface area contributed by atoms with E-state index in [4.69, 9.17) is 4.74 Å². The summed E-state index contributed by atoms with van der Waals surface area (Å²) < 4.78 is 17.6. The van der Waals surface area contributed by atoms with Crippen molar-refractivity contribution in [3.63, 3.8) is 0 Å². The number of benzene rings is 1. The highest BCUT2D eigenvalue weighted by Gasteiger charge is 2.19. The molecular weight excluding hydrogens is 299 g/mol. The fourth-order valence-corrected chi connectivity index (χ4v) is 2.29. The van der Waals surface area contributed by atoms with Gasteiger partial charge in [0, 0.05) is 6.54 Å². The second kappa shape index (κ2) is 9.25. The van der Waals surface area contributed by atoms with E-state index >= 15 is 0 Å². The molecule has 0 bridgehead atoms. The summed E-state index contributed by atoms with van der Waals surface area (Å²) >= 11 is 0. The number of carbonyl (C=O) groups is 2. The number of methoxy groups -OCH3 is 1. The van der Waals surface area contributed by atoms with Gasteiger partial charge in [0.1, 0.15) is 5.82 Å². The van der Waals surface area contributed by atoms with Crippen LogP contribution in [0.5, 0.6) is 0 Å². The molecule has 0 unspecified atom stereocenters. The van der Waals surface area contributed by atoms with Crippen LogP contribution in [-0.2, 0) is 14.3 Å². The van der Waals surface area contributed by atoms with E-state index in [1.165, 1.54) is 19.2 Å². The number of halogens is 1. The first kappa shape index (κ1) is 19.1. The van der Waals surface area contributed by atoms with Crippen molar-refractivity contribution in [2.75, 3.05) is 26.7 Å². The van der Waals surface area contributed by atoms with Gasteiger partial charge in [0.05, 0.1) is 25.6 Å². The van der Waals surface area contributed by atoms with E-state index in [1.54, 1.807) is 19.1 Å². The number of carbonyl (C=O) groups excluding carboxylic acids is 2. The van der Waals surface area contributed by atoms with Gasteiger partial charge in [-0.05, 0) is 31.2 Å². The van der Waals surface area contributed by atoms with Crippen LogP contribution >= 0.6 is 0 Å². The van der Waals surface area contributed by atoms with Crippen LogP contribution in [0.4, 0.5) is 4.39 Å². The van der Waals surface area contributed by atoms with Crippen LogP contribution in [0.3, 0.4) is 0 Å². The molecule has 23 heavy (non-hydrogen) atoms. The van der Waals surface area contributed by atoms with Crippen molar-refractivity contribution >= 4 is 11.9 Å². The highest BCUT2D eigenvalue weighted by atomic mass is 19.1. The maximum absolute atomic E-state index is 12.9. The van der Waals surface area contributed by atoms with E-state index in [2.05, 4.69) is 5.32 Å². The molecule has 1 aromatic carbocycles. The summed E-state index contributed by atoms with van der Waals surface area (Å²) in [7, 11) is 1.35. The van der Waals surface area contributed by atoms with Crippen molar-refractivity contribution in [1.82, 2.24) is 10.2 Å². The van der Waals surface area contributed by atoms with Crippen LogP contribution in [0, 0.1) is 11.7 Å². The van der Waals surface area contributed by atoms with Crippen LogP contribution < -0.4 is 5.32 Å². The molecule has 1 rings (SSSR count). The number of nitrogens with one attached hydrogen (secondary N) is 1. The predicted octanol–water partition coefficient (Wildman–Crippen LogP) is 2.13. The van der Waals surface area contributed by atoms with Crippen molar-refractivity contribution in [3.8, 4) is 0 Å². The summed E-state index contributed by atoms with van der Waals surface area (Å²) in [6, 6.07) is 5.83. The van der Waals surface area contributed by atoms with Gasteiger partial charge in [-0.15, -0.1) is 0 Å².